The van der Waals surface area contributed by atoms with E-state index in [0.717, 1.165) is 16.6 Å². The molecule has 1 aromatic rings. The van der Waals surface area contributed by atoms with Crippen LogP contribution in [-0.2, 0) is 5.41 Å². The molecule has 0 fully saturated rings. The topological polar surface area (TPSA) is 25.8 Å². The zero-order valence-electron chi connectivity index (χ0n) is 11.2. The van der Waals surface area contributed by atoms with E-state index in [4.69, 9.17) is 0 Å². The van der Waals surface area contributed by atoms with Crippen LogP contribution in [0.2, 0.25) is 0 Å². The molecule has 0 N–H and O–H groups in total. The molecule has 0 amide bonds. The highest BCUT2D eigenvalue weighted by Crippen LogP contribution is 2.26. The van der Waals surface area contributed by atoms with Crippen molar-refractivity contribution in [2.75, 3.05) is 5.75 Å². The van der Waals surface area contributed by atoms with Crippen molar-refractivity contribution in [2.24, 2.45) is 5.41 Å². The molecule has 1 aromatic heterocycles. The van der Waals surface area contributed by atoms with Gasteiger partial charge >= 0.3 is 0 Å². The summed E-state index contributed by atoms with van der Waals surface area (Å²) in [5.41, 5.74) is 1.52. The third-order valence-corrected chi connectivity index (χ3v) is 3.50. The number of hydrogen-bond donors (Lipinski definition) is 0. The van der Waals surface area contributed by atoms with Gasteiger partial charge in [0.05, 0.1) is 5.69 Å². The summed E-state index contributed by atoms with van der Waals surface area (Å²) < 4.78 is 0. The maximum absolute atomic E-state index is 4.60. The van der Waals surface area contributed by atoms with Crippen molar-refractivity contribution < 1.29 is 0 Å². The SMILES string of the molecule is CC(C)(C)CSc1nccc(C(C)(C)C)n1. The van der Waals surface area contributed by atoms with Crippen LogP contribution in [0, 0.1) is 5.41 Å². The van der Waals surface area contributed by atoms with Gasteiger partial charge in [-0.2, -0.15) is 0 Å². The Labute approximate surface area is 103 Å². The highest BCUT2D eigenvalue weighted by molar-refractivity contribution is 7.99. The van der Waals surface area contributed by atoms with E-state index in [1.165, 1.54) is 0 Å². The minimum Gasteiger partial charge on any atom is -0.231 e. The fourth-order valence-electron chi connectivity index (χ4n) is 1.11. The number of aromatic nitrogens is 2. The van der Waals surface area contributed by atoms with Crippen LogP contribution in [0.1, 0.15) is 47.2 Å². The molecule has 1 heterocycles. The van der Waals surface area contributed by atoms with Crippen molar-refractivity contribution in [2.45, 2.75) is 52.1 Å². The van der Waals surface area contributed by atoms with Gasteiger partial charge in [0.15, 0.2) is 5.16 Å². The molecular weight excluding hydrogens is 216 g/mol. The zero-order valence-corrected chi connectivity index (χ0v) is 12.0. The van der Waals surface area contributed by atoms with E-state index in [2.05, 4.69) is 51.5 Å². The van der Waals surface area contributed by atoms with Crippen molar-refractivity contribution >= 4 is 11.8 Å². The molecule has 0 saturated heterocycles. The molecule has 0 aliphatic rings. The second-order valence-electron chi connectivity index (χ2n) is 6.32. The first-order valence-electron chi connectivity index (χ1n) is 5.65. The summed E-state index contributed by atoms with van der Waals surface area (Å²) in [5, 5.41) is 0.891. The van der Waals surface area contributed by atoms with Crippen LogP contribution in [0.3, 0.4) is 0 Å². The number of hydrogen-bond acceptors (Lipinski definition) is 3. The lowest BCUT2D eigenvalue weighted by Gasteiger charge is -2.19. The average molecular weight is 238 g/mol. The first-order chi connectivity index (χ1) is 7.18. The van der Waals surface area contributed by atoms with Gasteiger partial charge in [-0.15, -0.1) is 0 Å². The van der Waals surface area contributed by atoms with E-state index in [9.17, 15) is 0 Å². The lowest BCUT2D eigenvalue weighted by molar-refractivity contribution is 0.480. The van der Waals surface area contributed by atoms with Gasteiger partial charge in [0.1, 0.15) is 0 Å². The van der Waals surface area contributed by atoms with Crippen LogP contribution in [0.25, 0.3) is 0 Å². The predicted octanol–water partition coefficient (Wildman–Crippen LogP) is 3.91. The maximum Gasteiger partial charge on any atom is 0.187 e. The van der Waals surface area contributed by atoms with Crippen LogP contribution in [0.4, 0.5) is 0 Å². The molecule has 0 bridgehead atoms. The lowest BCUT2D eigenvalue weighted by atomic mass is 9.92. The summed E-state index contributed by atoms with van der Waals surface area (Å²) in [6, 6.07) is 2.00. The molecule has 0 aromatic carbocycles. The maximum atomic E-state index is 4.60. The molecule has 0 atom stereocenters. The molecule has 0 unspecified atom stereocenters. The molecule has 90 valence electrons. The molecule has 0 aliphatic heterocycles. The standard InChI is InChI=1S/C13H22N2S/c1-12(2,3)9-16-11-14-8-7-10(15-11)13(4,5)6/h7-8H,9H2,1-6H3. The summed E-state index contributed by atoms with van der Waals surface area (Å²) in [5.74, 6) is 1.04. The fourth-order valence-corrected chi connectivity index (χ4v) is 1.97. The summed E-state index contributed by atoms with van der Waals surface area (Å²) in [6.07, 6.45) is 1.86. The third kappa shape index (κ3) is 4.52. The van der Waals surface area contributed by atoms with Gasteiger partial charge in [-0.05, 0) is 11.5 Å². The molecule has 16 heavy (non-hydrogen) atoms. The van der Waals surface area contributed by atoms with Gasteiger partial charge in [0.25, 0.3) is 0 Å². The highest BCUT2D eigenvalue weighted by Gasteiger charge is 2.17. The lowest BCUT2D eigenvalue weighted by Crippen LogP contribution is -2.14. The Morgan fingerprint density at radius 1 is 1.12 bits per heavy atom. The fraction of sp³-hybridized carbons (Fsp3) is 0.692. The number of rotatable bonds is 2. The predicted molar refractivity (Wildman–Crippen MR) is 70.9 cm³/mol. The van der Waals surface area contributed by atoms with Crippen LogP contribution < -0.4 is 0 Å². The molecule has 0 saturated carbocycles. The van der Waals surface area contributed by atoms with Crippen molar-refractivity contribution in [1.82, 2.24) is 9.97 Å². The van der Waals surface area contributed by atoms with Crippen molar-refractivity contribution in [3.05, 3.63) is 18.0 Å². The quantitative estimate of drug-likeness (QED) is 0.577. The van der Waals surface area contributed by atoms with Crippen molar-refractivity contribution in [3.8, 4) is 0 Å². The van der Waals surface area contributed by atoms with Gasteiger partial charge in [-0.25, -0.2) is 9.97 Å². The molecule has 2 nitrogen and oxygen atoms in total. The third-order valence-electron chi connectivity index (χ3n) is 2.04. The molecule has 1 rings (SSSR count). The Morgan fingerprint density at radius 3 is 2.25 bits per heavy atom. The number of thioether (sulfide) groups is 1. The van der Waals surface area contributed by atoms with Gasteiger partial charge in [0, 0.05) is 17.4 Å². The Hall–Kier alpha value is -0.570. The first kappa shape index (κ1) is 13.5. The highest BCUT2D eigenvalue weighted by atomic mass is 32.2. The zero-order chi connectivity index (χ0) is 12.4. The Bertz CT molecular complexity index is 348. The largest absolute Gasteiger partial charge is 0.231 e. The van der Waals surface area contributed by atoms with Crippen molar-refractivity contribution in [1.29, 1.82) is 0 Å². The summed E-state index contributed by atoms with van der Waals surface area (Å²) in [7, 11) is 0. The second-order valence-corrected chi connectivity index (χ2v) is 7.27. The van der Waals surface area contributed by atoms with Crippen LogP contribution in [-0.4, -0.2) is 15.7 Å². The van der Waals surface area contributed by atoms with E-state index in [-0.39, 0.29) is 5.41 Å². The van der Waals surface area contributed by atoms with Gasteiger partial charge in [-0.3, -0.25) is 0 Å². The van der Waals surface area contributed by atoms with E-state index >= 15 is 0 Å². The van der Waals surface area contributed by atoms with Crippen LogP contribution >= 0.6 is 11.8 Å². The Kier molecular flexibility index (Phi) is 4.00. The van der Waals surface area contributed by atoms with Crippen molar-refractivity contribution in [3.63, 3.8) is 0 Å². The monoisotopic (exact) mass is 238 g/mol. The van der Waals surface area contributed by atoms with E-state index in [1.807, 2.05) is 12.3 Å². The Morgan fingerprint density at radius 2 is 1.75 bits per heavy atom. The first-order valence-corrected chi connectivity index (χ1v) is 6.63. The van der Waals surface area contributed by atoms with Gasteiger partial charge in [0.2, 0.25) is 0 Å². The van der Waals surface area contributed by atoms with Gasteiger partial charge < -0.3 is 0 Å². The summed E-state index contributed by atoms with van der Waals surface area (Å²) in [6.45, 7) is 13.2. The summed E-state index contributed by atoms with van der Waals surface area (Å²) >= 11 is 1.74. The molecule has 0 aliphatic carbocycles. The van der Waals surface area contributed by atoms with Crippen LogP contribution in [0.15, 0.2) is 17.4 Å². The van der Waals surface area contributed by atoms with E-state index in [0.29, 0.717) is 5.41 Å². The van der Waals surface area contributed by atoms with E-state index in [1.54, 1.807) is 11.8 Å². The molecule has 0 spiro atoms. The summed E-state index contributed by atoms with van der Waals surface area (Å²) in [4.78, 5) is 8.91. The minimum atomic E-state index is 0.0972. The van der Waals surface area contributed by atoms with E-state index < -0.39 is 0 Å². The number of nitrogens with zero attached hydrogens (tertiary/aromatic N) is 2. The smallest absolute Gasteiger partial charge is 0.187 e. The average Bonchev–Trinajstić information content (AvgIpc) is 2.13. The minimum absolute atomic E-state index is 0.0972. The van der Waals surface area contributed by atoms with Gasteiger partial charge in [-0.1, -0.05) is 53.3 Å². The normalized spacial score (nSPS) is 12.9. The van der Waals surface area contributed by atoms with Crippen LogP contribution in [0.5, 0.6) is 0 Å². The molecular formula is C13H22N2S. The molecule has 3 heteroatoms. The second kappa shape index (κ2) is 4.74. The molecule has 0 radical (unpaired) electrons. The Balaban J connectivity index is 2.76.